The highest BCUT2D eigenvalue weighted by molar-refractivity contribution is 7.10. The molecule has 3 heteroatoms. The van der Waals surface area contributed by atoms with Gasteiger partial charge in [0.15, 0.2) is 0 Å². The van der Waals surface area contributed by atoms with E-state index in [9.17, 15) is 0 Å². The average molecular weight is 239 g/mol. The van der Waals surface area contributed by atoms with Gasteiger partial charge in [0.05, 0.1) is 13.2 Å². The van der Waals surface area contributed by atoms with Crippen LogP contribution in [0.1, 0.15) is 31.2 Å². The van der Waals surface area contributed by atoms with Crippen molar-refractivity contribution >= 4 is 11.3 Å². The first-order valence-electron chi connectivity index (χ1n) is 5.73. The van der Waals surface area contributed by atoms with Crippen molar-refractivity contribution in [1.82, 2.24) is 5.32 Å². The van der Waals surface area contributed by atoms with Crippen LogP contribution in [0.2, 0.25) is 0 Å². The van der Waals surface area contributed by atoms with E-state index < -0.39 is 0 Å². The van der Waals surface area contributed by atoms with Crippen molar-refractivity contribution in [2.75, 3.05) is 19.8 Å². The highest BCUT2D eigenvalue weighted by Gasteiger charge is 2.08. The summed E-state index contributed by atoms with van der Waals surface area (Å²) in [4.78, 5) is 1.41. The van der Waals surface area contributed by atoms with E-state index in [1.165, 1.54) is 4.88 Å². The zero-order valence-corrected chi connectivity index (χ0v) is 11.0. The van der Waals surface area contributed by atoms with E-state index >= 15 is 0 Å². The molecule has 1 aromatic heterocycles. The molecule has 90 valence electrons. The molecule has 1 heterocycles. The maximum absolute atomic E-state index is 5.45. The molecule has 0 spiro atoms. The number of hydrogen-bond donors (Lipinski definition) is 1. The normalized spacial score (nSPS) is 12.6. The summed E-state index contributed by atoms with van der Waals surface area (Å²) in [7, 11) is 0. The van der Waals surface area contributed by atoms with Crippen LogP contribution in [0, 0.1) is 0 Å². The molecule has 1 unspecified atom stereocenters. The van der Waals surface area contributed by atoms with Crippen LogP contribution in [-0.4, -0.2) is 19.8 Å². The van der Waals surface area contributed by atoms with Crippen molar-refractivity contribution in [3.05, 3.63) is 34.5 Å². The summed E-state index contributed by atoms with van der Waals surface area (Å²) < 4.78 is 5.45. The van der Waals surface area contributed by atoms with Gasteiger partial charge in [-0.25, -0.2) is 0 Å². The van der Waals surface area contributed by atoms with Gasteiger partial charge in [-0.2, -0.15) is 0 Å². The Balaban J connectivity index is 2.18. The van der Waals surface area contributed by atoms with Gasteiger partial charge in [0.25, 0.3) is 0 Å². The maximum Gasteiger partial charge on any atom is 0.0672 e. The molecule has 0 fully saturated rings. The number of nitrogens with one attached hydrogen (secondary N) is 1. The molecule has 16 heavy (non-hydrogen) atoms. The van der Waals surface area contributed by atoms with Gasteiger partial charge >= 0.3 is 0 Å². The first-order chi connectivity index (χ1) is 7.74. The zero-order valence-electron chi connectivity index (χ0n) is 10.2. The van der Waals surface area contributed by atoms with Gasteiger partial charge in [0.2, 0.25) is 0 Å². The van der Waals surface area contributed by atoms with Crippen molar-refractivity contribution in [3.8, 4) is 0 Å². The largest absolute Gasteiger partial charge is 0.376 e. The second-order valence-corrected chi connectivity index (χ2v) is 4.92. The third-order valence-corrected chi connectivity index (χ3v) is 3.27. The lowest BCUT2D eigenvalue weighted by Gasteiger charge is -2.15. The quantitative estimate of drug-likeness (QED) is 0.554. The number of hydrogen-bond acceptors (Lipinski definition) is 3. The van der Waals surface area contributed by atoms with Crippen LogP contribution in [0.5, 0.6) is 0 Å². The Morgan fingerprint density at radius 2 is 2.44 bits per heavy atom. The molecule has 0 saturated heterocycles. The lowest BCUT2D eigenvalue weighted by Crippen LogP contribution is -2.24. The molecular weight excluding hydrogens is 218 g/mol. The fraction of sp³-hybridized carbons (Fsp3) is 0.538. The highest BCUT2D eigenvalue weighted by atomic mass is 32.1. The fourth-order valence-corrected chi connectivity index (χ4v) is 2.37. The van der Waals surface area contributed by atoms with E-state index in [0.29, 0.717) is 12.6 Å². The summed E-state index contributed by atoms with van der Waals surface area (Å²) in [5.41, 5.74) is 1.07. The van der Waals surface area contributed by atoms with Crippen LogP contribution in [0.25, 0.3) is 0 Å². The minimum absolute atomic E-state index is 0.466. The molecular formula is C13H21NOS. The van der Waals surface area contributed by atoms with E-state index in [-0.39, 0.29) is 0 Å². The summed E-state index contributed by atoms with van der Waals surface area (Å²) in [5, 5.41) is 5.62. The van der Waals surface area contributed by atoms with Gasteiger partial charge in [-0.15, -0.1) is 11.3 Å². The van der Waals surface area contributed by atoms with Crippen molar-refractivity contribution in [3.63, 3.8) is 0 Å². The summed E-state index contributed by atoms with van der Waals surface area (Å²) >= 11 is 1.81. The van der Waals surface area contributed by atoms with Gasteiger partial charge < -0.3 is 10.1 Å². The Labute approximate surface area is 102 Å². The van der Waals surface area contributed by atoms with Crippen molar-refractivity contribution in [1.29, 1.82) is 0 Å². The van der Waals surface area contributed by atoms with E-state index in [2.05, 4.69) is 36.3 Å². The molecule has 0 aromatic carbocycles. The Morgan fingerprint density at radius 3 is 3.00 bits per heavy atom. The molecule has 0 saturated carbocycles. The molecule has 1 rings (SSSR count). The third-order valence-electron chi connectivity index (χ3n) is 2.28. The molecule has 1 atom stereocenters. The van der Waals surface area contributed by atoms with Crippen LogP contribution in [-0.2, 0) is 4.74 Å². The molecule has 0 bridgehead atoms. The highest BCUT2D eigenvalue weighted by Crippen LogP contribution is 2.21. The van der Waals surface area contributed by atoms with E-state index in [0.717, 1.165) is 25.1 Å². The topological polar surface area (TPSA) is 21.3 Å². The molecule has 2 nitrogen and oxygen atoms in total. The second kappa shape index (κ2) is 7.60. The number of rotatable bonds is 8. The van der Waals surface area contributed by atoms with E-state index in [1.54, 1.807) is 11.3 Å². The van der Waals surface area contributed by atoms with Crippen LogP contribution >= 0.6 is 11.3 Å². The standard InChI is InChI=1S/C13H21NOS/c1-4-12(13-6-5-9-16-13)14-7-8-15-10-11(2)3/h5-6,9,12,14H,2,4,7-8,10H2,1,3H3. The molecule has 0 aliphatic carbocycles. The lowest BCUT2D eigenvalue weighted by atomic mass is 10.2. The smallest absolute Gasteiger partial charge is 0.0672 e. The maximum atomic E-state index is 5.45. The van der Waals surface area contributed by atoms with Gasteiger partial charge in [-0.3, -0.25) is 0 Å². The van der Waals surface area contributed by atoms with Crippen LogP contribution in [0.3, 0.4) is 0 Å². The van der Waals surface area contributed by atoms with Crippen LogP contribution < -0.4 is 5.32 Å². The molecule has 1 N–H and O–H groups in total. The Morgan fingerprint density at radius 1 is 1.62 bits per heavy atom. The molecule has 0 aliphatic heterocycles. The third kappa shape index (κ3) is 4.92. The number of ether oxygens (including phenoxy) is 1. The summed E-state index contributed by atoms with van der Waals surface area (Å²) in [6, 6.07) is 4.75. The van der Waals surface area contributed by atoms with Gasteiger partial charge in [-0.05, 0) is 24.8 Å². The van der Waals surface area contributed by atoms with Gasteiger partial charge in [0.1, 0.15) is 0 Å². The monoisotopic (exact) mass is 239 g/mol. The Hall–Kier alpha value is -0.640. The van der Waals surface area contributed by atoms with Crippen molar-refractivity contribution in [2.45, 2.75) is 26.3 Å². The van der Waals surface area contributed by atoms with E-state index in [4.69, 9.17) is 4.74 Å². The minimum Gasteiger partial charge on any atom is -0.376 e. The predicted octanol–water partition coefficient (Wildman–Crippen LogP) is 3.38. The van der Waals surface area contributed by atoms with Crippen LogP contribution in [0.15, 0.2) is 29.7 Å². The van der Waals surface area contributed by atoms with Gasteiger partial charge in [0, 0.05) is 17.5 Å². The molecule has 0 radical (unpaired) electrons. The lowest BCUT2D eigenvalue weighted by molar-refractivity contribution is 0.155. The van der Waals surface area contributed by atoms with Crippen molar-refractivity contribution in [2.24, 2.45) is 0 Å². The minimum atomic E-state index is 0.466. The van der Waals surface area contributed by atoms with Gasteiger partial charge in [-0.1, -0.05) is 25.1 Å². The van der Waals surface area contributed by atoms with Crippen LogP contribution in [0.4, 0.5) is 0 Å². The van der Waals surface area contributed by atoms with E-state index in [1.807, 2.05) is 6.92 Å². The average Bonchev–Trinajstić information content (AvgIpc) is 2.76. The second-order valence-electron chi connectivity index (χ2n) is 3.94. The first kappa shape index (κ1) is 13.4. The summed E-state index contributed by atoms with van der Waals surface area (Å²) in [6.07, 6.45) is 1.11. The summed E-state index contributed by atoms with van der Waals surface area (Å²) in [6.45, 7) is 10.3. The Kier molecular flexibility index (Phi) is 6.38. The summed E-state index contributed by atoms with van der Waals surface area (Å²) in [5.74, 6) is 0. The molecule has 1 aromatic rings. The van der Waals surface area contributed by atoms with Crippen molar-refractivity contribution < 1.29 is 4.74 Å². The Bertz CT molecular complexity index is 295. The number of thiophene rings is 1. The molecule has 0 amide bonds. The zero-order chi connectivity index (χ0) is 11.8. The SMILES string of the molecule is C=C(C)COCCNC(CC)c1cccs1. The first-order valence-corrected chi connectivity index (χ1v) is 6.61. The molecule has 0 aliphatic rings. The predicted molar refractivity (Wildman–Crippen MR) is 71.0 cm³/mol. The fourth-order valence-electron chi connectivity index (χ4n) is 1.49.